The molecule has 2 amide bonds. The molecule has 19 heavy (non-hydrogen) atoms. The Morgan fingerprint density at radius 2 is 1.84 bits per heavy atom. The zero-order valence-corrected chi connectivity index (χ0v) is 11.2. The lowest BCUT2D eigenvalue weighted by molar-refractivity contribution is -0.121. The van der Waals surface area contributed by atoms with Gasteiger partial charge in [0.05, 0.1) is 5.54 Å². The van der Waals surface area contributed by atoms with E-state index in [-0.39, 0.29) is 17.7 Å². The SMILES string of the molecule is CNC(=O)c1ccc(NC(=O)C(C)(N)C2CC2)cc1. The number of benzene rings is 1. The van der Waals surface area contributed by atoms with Gasteiger partial charge in [0.25, 0.3) is 5.91 Å². The third kappa shape index (κ3) is 2.93. The molecule has 102 valence electrons. The second-order valence-corrected chi connectivity index (χ2v) is 5.17. The Kier molecular flexibility index (Phi) is 3.57. The lowest BCUT2D eigenvalue weighted by atomic mass is 9.96. The Hall–Kier alpha value is -1.88. The molecule has 0 heterocycles. The molecule has 0 aromatic heterocycles. The molecule has 0 saturated heterocycles. The molecule has 5 heteroatoms. The van der Waals surface area contributed by atoms with Crippen LogP contribution >= 0.6 is 0 Å². The van der Waals surface area contributed by atoms with E-state index in [9.17, 15) is 9.59 Å². The summed E-state index contributed by atoms with van der Waals surface area (Å²) >= 11 is 0. The highest BCUT2D eigenvalue weighted by Crippen LogP contribution is 2.38. The zero-order chi connectivity index (χ0) is 14.0. The Balaban J connectivity index is 2.03. The van der Waals surface area contributed by atoms with Gasteiger partial charge in [-0.1, -0.05) is 0 Å². The number of hydrogen-bond acceptors (Lipinski definition) is 3. The van der Waals surface area contributed by atoms with Crippen molar-refractivity contribution in [2.24, 2.45) is 11.7 Å². The van der Waals surface area contributed by atoms with E-state index in [4.69, 9.17) is 5.73 Å². The molecular weight excluding hydrogens is 242 g/mol. The summed E-state index contributed by atoms with van der Waals surface area (Å²) < 4.78 is 0. The fraction of sp³-hybridized carbons (Fsp3) is 0.429. The first-order valence-electron chi connectivity index (χ1n) is 6.37. The largest absolute Gasteiger partial charge is 0.355 e. The van der Waals surface area contributed by atoms with E-state index in [1.165, 1.54) is 0 Å². The minimum Gasteiger partial charge on any atom is -0.355 e. The van der Waals surface area contributed by atoms with Gasteiger partial charge in [0.15, 0.2) is 0 Å². The topological polar surface area (TPSA) is 84.2 Å². The monoisotopic (exact) mass is 261 g/mol. The van der Waals surface area contributed by atoms with Crippen molar-refractivity contribution >= 4 is 17.5 Å². The van der Waals surface area contributed by atoms with Crippen molar-refractivity contribution in [3.8, 4) is 0 Å². The summed E-state index contributed by atoms with van der Waals surface area (Å²) in [5.41, 5.74) is 6.42. The molecule has 0 radical (unpaired) electrons. The number of carbonyl (C=O) groups excluding carboxylic acids is 2. The minimum absolute atomic E-state index is 0.153. The molecular formula is C14H19N3O2. The number of amides is 2. The maximum atomic E-state index is 12.1. The van der Waals surface area contributed by atoms with E-state index in [0.29, 0.717) is 11.3 Å². The normalized spacial score (nSPS) is 17.4. The van der Waals surface area contributed by atoms with Gasteiger partial charge in [0.2, 0.25) is 5.91 Å². The van der Waals surface area contributed by atoms with Gasteiger partial charge in [-0.3, -0.25) is 9.59 Å². The van der Waals surface area contributed by atoms with E-state index in [0.717, 1.165) is 12.8 Å². The van der Waals surface area contributed by atoms with Crippen molar-refractivity contribution in [3.05, 3.63) is 29.8 Å². The van der Waals surface area contributed by atoms with Crippen LogP contribution in [-0.2, 0) is 4.79 Å². The van der Waals surface area contributed by atoms with Crippen molar-refractivity contribution in [2.45, 2.75) is 25.3 Å². The summed E-state index contributed by atoms with van der Waals surface area (Å²) in [5.74, 6) is -0.0557. The van der Waals surface area contributed by atoms with Crippen LogP contribution in [0.3, 0.4) is 0 Å². The Bertz CT molecular complexity index is 490. The van der Waals surface area contributed by atoms with Crippen molar-refractivity contribution < 1.29 is 9.59 Å². The van der Waals surface area contributed by atoms with Crippen LogP contribution in [0.4, 0.5) is 5.69 Å². The molecule has 1 aliphatic carbocycles. The molecule has 5 nitrogen and oxygen atoms in total. The maximum Gasteiger partial charge on any atom is 0.251 e. The quantitative estimate of drug-likeness (QED) is 0.759. The summed E-state index contributed by atoms with van der Waals surface area (Å²) in [4.78, 5) is 23.5. The molecule has 2 rings (SSSR count). The summed E-state index contributed by atoms with van der Waals surface area (Å²) in [5, 5.41) is 5.33. The lowest BCUT2D eigenvalue weighted by Gasteiger charge is -2.23. The van der Waals surface area contributed by atoms with Gasteiger partial charge in [0.1, 0.15) is 0 Å². The average molecular weight is 261 g/mol. The number of hydrogen-bond donors (Lipinski definition) is 3. The first kappa shape index (κ1) is 13.5. The highest BCUT2D eigenvalue weighted by atomic mass is 16.2. The van der Waals surface area contributed by atoms with Crippen molar-refractivity contribution in [3.63, 3.8) is 0 Å². The molecule has 1 aromatic rings. The Labute approximate surface area is 112 Å². The highest BCUT2D eigenvalue weighted by molar-refractivity contribution is 5.99. The lowest BCUT2D eigenvalue weighted by Crippen LogP contribution is -2.50. The third-order valence-corrected chi connectivity index (χ3v) is 3.55. The minimum atomic E-state index is -0.820. The van der Waals surface area contributed by atoms with Gasteiger partial charge in [-0.25, -0.2) is 0 Å². The number of nitrogens with two attached hydrogens (primary N) is 1. The molecule has 0 spiro atoms. The zero-order valence-electron chi connectivity index (χ0n) is 11.2. The van der Waals surface area contributed by atoms with E-state index in [1.807, 2.05) is 0 Å². The third-order valence-electron chi connectivity index (χ3n) is 3.55. The molecule has 1 atom stereocenters. The number of anilines is 1. The summed E-state index contributed by atoms with van der Waals surface area (Å²) in [7, 11) is 1.58. The molecule has 4 N–H and O–H groups in total. The average Bonchev–Trinajstić information content (AvgIpc) is 3.23. The van der Waals surface area contributed by atoms with Crippen molar-refractivity contribution in [1.29, 1.82) is 0 Å². The van der Waals surface area contributed by atoms with Crippen molar-refractivity contribution in [1.82, 2.24) is 5.32 Å². The van der Waals surface area contributed by atoms with E-state index in [1.54, 1.807) is 38.2 Å². The van der Waals surface area contributed by atoms with Gasteiger partial charge in [-0.15, -0.1) is 0 Å². The Morgan fingerprint density at radius 1 is 1.26 bits per heavy atom. The first-order valence-corrected chi connectivity index (χ1v) is 6.37. The van der Waals surface area contributed by atoms with Gasteiger partial charge in [-0.05, 0) is 49.9 Å². The van der Waals surface area contributed by atoms with Crippen LogP contribution in [0.5, 0.6) is 0 Å². The second kappa shape index (κ2) is 5.01. The fourth-order valence-electron chi connectivity index (χ4n) is 1.98. The van der Waals surface area contributed by atoms with Crippen LogP contribution in [-0.4, -0.2) is 24.4 Å². The number of nitrogens with one attached hydrogen (secondary N) is 2. The van der Waals surface area contributed by atoms with E-state index in [2.05, 4.69) is 10.6 Å². The van der Waals surface area contributed by atoms with Crippen LogP contribution in [0.2, 0.25) is 0 Å². The summed E-state index contributed by atoms with van der Waals surface area (Å²) in [6.07, 6.45) is 2.02. The summed E-state index contributed by atoms with van der Waals surface area (Å²) in [6.45, 7) is 1.76. The van der Waals surface area contributed by atoms with Crippen LogP contribution in [0, 0.1) is 5.92 Å². The molecule has 1 unspecified atom stereocenters. The van der Waals surface area contributed by atoms with Crippen LogP contribution < -0.4 is 16.4 Å². The first-order chi connectivity index (χ1) is 8.95. The van der Waals surface area contributed by atoms with Crippen LogP contribution in [0.1, 0.15) is 30.1 Å². The fourth-order valence-corrected chi connectivity index (χ4v) is 1.98. The molecule has 1 saturated carbocycles. The van der Waals surface area contributed by atoms with Gasteiger partial charge < -0.3 is 16.4 Å². The molecule has 1 aliphatic rings. The predicted molar refractivity (Wildman–Crippen MR) is 73.8 cm³/mol. The van der Waals surface area contributed by atoms with Crippen LogP contribution in [0.25, 0.3) is 0 Å². The number of carbonyl (C=O) groups is 2. The predicted octanol–water partition coefficient (Wildman–Crippen LogP) is 1.11. The van der Waals surface area contributed by atoms with Gasteiger partial charge in [0, 0.05) is 18.3 Å². The summed E-state index contributed by atoms with van der Waals surface area (Å²) in [6, 6.07) is 6.73. The molecule has 0 aliphatic heterocycles. The Morgan fingerprint density at radius 3 is 2.32 bits per heavy atom. The molecule has 0 bridgehead atoms. The van der Waals surface area contributed by atoms with E-state index < -0.39 is 5.54 Å². The maximum absolute atomic E-state index is 12.1. The second-order valence-electron chi connectivity index (χ2n) is 5.17. The molecule has 1 aromatic carbocycles. The number of rotatable bonds is 4. The standard InChI is InChI=1S/C14H19N3O2/c1-14(15,10-5-6-10)13(19)17-11-7-3-9(4-8-11)12(18)16-2/h3-4,7-8,10H,5-6,15H2,1-2H3,(H,16,18)(H,17,19). The van der Waals surface area contributed by atoms with Crippen LogP contribution in [0.15, 0.2) is 24.3 Å². The van der Waals surface area contributed by atoms with Gasteiger partial charge in [-0.2, -0.15) is 0 Å². The van der Waals surface area contributed by atoms with E-state index >= 15 is 0 Å². The van der Waals surface area contributed by atoms with Crippen molar-refractivity contribution in [2.75, 3.05) is 12.4 Å². The molecule has 1 fully saturated rings. The smallest absolute Gasteiger partial charge is 0.251 e. The van der Waals surface area contributed by atoms with Gasteiger partial charge >= 0.3 is 0 Å². The highest BCUT2D eigenvalue weighted by Gasteiger charge is 2.44.